The molecule has 1 aromatic heterocycles. The maximum atomic E-state index is 12.6. The van der Waals surface area contributed by atoms with Crippen LogP contribution < -0.4 is 0 Å². The van der Waals surface area contributed by atoms with Crippen LogP contribution in [0.3, 0.4) is 0 Å². The van der Waals surface area contributed by atoms with Crippen molar-refractivity contribution in [1.82, 2.24) is 14.8 Å². The lowest BCUT2D eigenvalue weighted by Gasteiger charge is -2.32. The van der Waals surface area contributed by atoms with Crippen LogP contribution in [0.1, 0.15) is 50.9 Å². The maximum Gasteiger partial charge on any atom is 0.323 e. The van der Waals surface area contributed by atoms with Gasteiger partial charge in [0.1, 0.15) is 12.1 Å². The number of pyridine rings is 1. The monoisotopic (exact) mass is 553 g/mol. The molecule has 0 radical (unpaired) electrons. The summed E-state index contributed by atoms with van der Waals surface area (Å²) in [4.78, 5) is 57.1. The fraction of sp³-hybridized carbons (Fsp3) is 0.667. The summed E-state index contributed by atoms with van der Waals surface area (Å²) in [5.41, 5.74) is 1.41. The van der Waals surface area contributed by atoms with Gasteiger partial charge in [-0.1, -0.05) is 19.9 Å². The molecule has 0 saturated heterocycles. The number of methoxy groups -OCH3 is 4. The zero-order chi connectivity index (χ0) is 29.2. The molecule has 2 atom stereocenters. The number of carbonyl (C=O) groups excluding carboxylic acids is 4. The van der Waals surface area contributed by atoms with Crippen LogP contribution in [-0.4, -0.2) is 105 Å². The predicted octanol–water partition coefficient (Wildman–Crippen LogP) is 1.73. The molecule has 0 fully saturated rings. The third-order valence-electron chi connectivity index (χ3n) is 6.17. The van der Waals surface area contributed by atoms with Crippen LogP contribution in [0.2, 0.25) is 0 Å². The Balaban J connectivity index is 0.00000371. The van der Waals surface area contributed by atoms with Crippen molar-refractivity contribution in [3.63, 3.8) is 0 Å². The summed E-state index contributed by atoms with van der Waals surface area (Å²) in [5.74, 6) is -1.73. The highest BCUT2D eigenvalue weighted by Gasteiger charge is 2.30. The molecule has 220 valence electrons. The number of hydrogen-bond donors (Lipinski definition) is 0. The van der Waals surface area contributed by atoms with Crippen molar-refractivity contribution >= 4 is 23.9 Å². The Labute approximate surface area is 230 Å². The molecule has 0 amide bonds. The smallest absolute Gasteiger partial charge is 0.323 e. The molecule has 2 bridgehead atoms. The lowest BCUT2D eigenvalue weighted by molar-refractivity contribution is -0.150. The molecule has 0 aromatic carbocycles. The van der Waals surface area contributed by atoms with Gasteiger partial charge in [-0.25, -0.2) is 0 Å². The van der Waals surface area contributed by atoms with Crippen molar-refractivity contribution in [2.75, 3.05) is 54.7 Å². The topological polar surface area (TPSA) is 134 Å². The van der Waals surface area contributed by atoms with Gasteiger partial charge in [0.25, 0.3) is 0 Å². The largest absolute Gasteiger partial charge is 0.469 e. The van der Waals surface area contributed by atoms with Crippen molar-refractivity contribution in [1.29, 1.82) is 0 Å². The van der Waals surface area contributed by atoms with E-state index in [4.69, 9.17) is 28.7 Å². The van der Waals surface area contributed by atoms with Gasteiger partial charge in [-0.3, -0.25) is 34.0 Å². The SMILES string of the molecule is CC.COC(=O)CCC(C(=O)OC)N1CCOCCN([C@@H](CCC(=O)OC)C(=O)OC)Cc2cccc(n2)C1. The summed E-state index contributed by atoms with van der Waals surface area (Å²) in [6, 6.07) is 4.19. The van der Waals surface area contributed by atoms with E-state index in [0.29, 0.717) is 50.8 Å². The van der Waals surface area contributed by atoms with Crippen LogP contribution in [0.4, 0.5) is 0 Å². The number of aromatic nitrogens is 1. The first kappa shape index (κ1) is 33.9. The number of rotatable bonds is 10. The predicted molar refractivity (Wildman–Crippen MR) is 141 cm³/mol. The van der Waals surface area contributed by atoms with E-state index >= 15 is 0 Å². The van der Waals surface area contributed by atoms with Gasteiger partial charge in [-0.2, -0.15) is 0 Å². The Morgan fingerprint density at radius 2 is 1.18 bits per heavy atom. The van der Waals surface area contributed by atoms with Crippen molar-refractivity contribution in [3.05, 3.63) is 29.6 Å². The molecule has 1 aliphatic heterocycles. The van der Waals surface area contributed by atoms with Crippen LogP contribution >= 0.6 is 0 Å². The van der Waals surface area contributed by atoms with E-state index in [2.05, 4.69) is 0 Å². The molecule has 39 heavy (non-hydrogen) atoms. The van der Waals surface area contributed by atoms with Crippen LogP contribution in [0.15, 0.2) is 18.2 Å². The van der Waals surface area contributed by atoms with E-state index in [1.54, 1.807) is 0 Å². The quantitative estimate of drug-likeness (QED) is 0.308. The second-order valence-electron chi connectivity index (χ2n) is 8.48. The molecule has 0 aliphatic carbocycles. The van der Waals surface area contributed by atoms with Gasteiger partial charge in [-0.15, -0.1) is 0 Å². The summed E-state index contributed by atoms with van der Waals surface area (Å²) in [6.07, 6.45) is 0.592. The molecule has 1 unspecified atom stereocenters. The molecule has 0 N–H and O–H groups in total. The van der Waals surface area contributed by atoms with Crippen LogP contribution in [0.5, 0.6) is 0 Å². The molecule has 0 spiro atoms. The van der Waals surface area contributed by atoms with Crippen molar-refractivity contribution in [3.8, 4) is 0 Å². The lowest BCUT2D eigenvalue weighted by atomic mass is 10.1. The minimum absolute atomic E-state index is 0.0660. The highest BCUT2D eigenvalue weighted by molar-refractivity contribution is 5.78. The maximum absolute atomic E-state index is 12.6. The van der Waals surface area contributed by atoms with E-state index in [0.717, 1.165) is 0 Å². The third-order valence-corrected chi connectivity index (χ3v) is 6.17. The van der Waals surface area contributed by atoms with E-state index in [1.807, 2.05) is 41.8 Å². The number of fused-ring (bicyclic) bond motifs is 2. The fourth-order valence-electron chi connectivity index (χ4n) is 4.16. The van der Waals surface area contributed by atoms with Crippen molar-refractivity contribution < 1.29 is 42.9 Å². The zero-order valence-electron chi connectivity index (χ0n) is 24.0. The first-order valence-corrected chi connectivity index (χ1v) is 13.1. The second-order valence-corrected chi connectivity index (χ2v) is 8.48. The van der Waals surface area contributed by atoms with Crippen molar-refractivity contribution in [2.24, 2.45) is 0 Å². The number of esters is 4. The molecule has 12 nitrogen and oxygen atoms in total. The lowest BCUT2D eigenvalue weighted by Crippen LogP contribution is -2.45. The molecular formula is C27H43N3O9. The summed E-state index contributed by atoms with van der Waals surface area (Å²) < 4.78 is 25.3. The minimum Gasteiger partial charge on any atom is -0.469 e. The highest BCUT2D eigenvalue weighted by atomic mass is 16.5. The number of carbonyl (C=O) groups is 4. The van der Waals surface area contributed by atoms with Crippen LogP contribution in [0, 0.1) is 0 Å². The van der Waals surface area contributed by atoms with Gasteiger partial charge < -0.3 is 23.7 Å². The Hall–Kier alpha value is -3.09. The Bertz CT molecular complexity index is 845. The fourth-order valence-corrected chi connectivity index (χ4v) is 4.16. The normalized spacial score (nSPS) is 16.2. The molecule has 2 rings (SSSR count). The molecule has 12 heteroatoms. The molecule has 1 aromatic rings. The summed E-state index contributed by atoms with van der Waals surface area (Å²) in [7, 11) is 5.23. The standard InChI is InChI=1S/C25H37N3O9.C2H6/c1-33-22(29)10-8-20(24(31)35-3)27-12-14-37-15-13-28(17-19-7-5-6-18(16-27)26-19)21(25(32)36-4)9-11-23(30)34-2;1-2/h5-7,20-21H,8-17H2,1-4H3;1-2H3/t20-,21?;/m0./s1. The van der Waals surface area contributed by atoms with Gasteiger partial charge in [0.2, 0.25) is 0 Å². The van der Waals surface area contributed by atoms with Gasteiger partial charge in [-0.05, 0) is 25.0 Å². The van der Waals surface area contributed by atoms with E-state index in [1.165, 1.54) is 28.4 Å². The zero-order valence-corrected chi connectivity index (χ0v) is 24.0. The third kappa shape index (κ3) is 11.7. The first-order valence-electron chi connectivity index (χ1n) is 13.1. The average molecular weight is 554 g/mol. The second kappa shape index (κ2) is 19.0. The van der Waals surface area contributed by atoms with Gasteiger partial charge in [0.15, 0.2) is 0 Å². The minimum atomic E-state index is -0.681. The first-order chi connectivity index (χ1) is 18.8. The molecule has 1 aliphatic rings. The van der Waals surface area contributed by atoms with Gasteiger partial charge >= 0.3 is 23.9 Å². The Morgan fingerprint density at radius 3 is 1.54 bits per heavy atom. The highest BCUT2D eigenvalue weighted by Crippen LogP contribution is 2.18. The number of ether oxygens (including phenoxy) is 5. The van der Waals surface area contributed by atoms with E-state index in [-0.39, 0.29) is 25.7 Å². The summed E-state index contributed by atoms with van der Waals surface area (Å²) >= 11 is 0. The Kier molecular flexibility index (Phi) is 16.6. The van der Waals surface area contributed by atoms with Crippen molar-refractivity contribution in [2.45, 2.75) is 64.7 Å². The number of hydrogen-bond acceptors (Lipinski definition) is 12. The van der Waals surface area contributed by atoms with Crippen LogP contribution in [-0.2, 0) is 56.0 Å². The molecule has 2 heterocycles. The van der Waals surface area contributed by atoms with E-state index in [9.17, 15) is 19.2 Å². The van der Waals surface area contributed by atoms with E-state index < -0.39 is 36.0 Å². The Morgan fingerprint density at radius 1 is 0.769 bits per heavy atom. The number of nitrogens with zero attached hydrogens (tertiary/aromatic N) is 3. The van der Waals surface area contributed by atoms with Crippen LogP contribution in [0.25, 0.3) is 0 Å². The van der Waals surface area contributed by atoms with Gasteiger partial charge in [0.05, 0.1) is 53.0 Å². The average Bonchev–Trinajstić information content (AvgIpc) is 2.96. The van der Waals surface area contributed by atoms with Gasteiger partial charge in [0, 0.05) is 39.0 Å². The molecule has 0 saturated carbocycles. The summed E-state index contributed by atoms with van der Waals surface area (Å²) in [5, 5.41) is 0. The summed E-state index contributed by atoms with van der Waals surface area (Å²) in [6.45, 7) is 6.00. The molecular weight excluding hydrogens is 510 g/mol.